The van der Waals surface area contributed by atoms with Crippen molar-refractivity contribution in [3.8, 4) is 0 Å². The quantitative estimate of drug-likeness (QED) is 0.0188. The van der Waals surface area contributed by atoms with Gasteiger partial charge in [0.05, 0.1) is 25.5 Å². The first-order chi connectivity index (χ1) is 63.4. The molecule has 0 radical (unpaired) electrons. The number of aromatic amines is 1. The molecule has 45 nitrogen and oxygen atoms in total. The zero-order valence-corrected chi connectivity index (χ0v) is 80.7. The number of amides is 17. The second-order valence-corrected chi connectivity index (χ2v) is 36.0. The summed E-state index contributed by atoms with van der Waals surface area (Å²) in [6, 6.07) is -21.0. The lowest BCUT2D eigenvalue weighted by Gasteiger charge is -2.31. The van der Waals surface area contributed by atoms with Crippen molar-refractivity contribution in [3.63, 3.8) is 0 Å². The third-order valence-electron chi connectivity index (χ3n) is 22.8. The van der Waals surface area contributed by atoms with Gasteiger partial charge in [-0.2, -0.15) is 0 Å². The van der Waals surface area contributed by atoms with E-state index in [1.807, 2.05) is 34.6 Å². The fourth-order valence-corrected chi connectivity index (χ4v) is 15.1. The molecule has 2 heterocycles. The van der Waals surface area contributed by atoms with Crippen LogP contribution in [-0.4, -0.2) is 267 Å². The van der Waals surface area contributed by atoms with Gasteiger partial charge in [-0.1, -0.05) is 152 Å². The lowest BCUT2D eigenvalue weighted by Crippen LogP contribution is -2.62. The van der Waals surface area contributed by atoms with Crippen LogP contribution in [0.1, 0.15) is 275 Å². The van der Waals surface area contributed by atoms with Crippen molar-refractivity contribution < 1.29 is 91.7 Å². The molecule has 1 aliphatic heterocycles. The number of carbonyl (C=O) groups is 17. The van der Waals surface area contributed by atoms with Crippen molar-refractivity contribution in [1.82, 2.24) is 99.9 Å². The van der Waals surface area contributed by atoms with Crippen LogP contribution in [0.15, 0.2) is 12.5 Å². The molecule has 1 saturated heterocycles. The number of rotatable bonds is 70. The molecule has 45 heteroatoms. The Balaban J connectivity index is 2.45. The number of aliphatic hydroxyl groups is 2. The van der Waals surface area contributed by atoms with E-state index in [2.05, 4.69) is 102 Å². The Bertz CT molecular complexity index is 3890. The molecule has 0 unspecified atom stereocenters. The molecule has 1 aromatic rings. The van der Waals surface area contributed by atoms with Crippen LogP contribution < -0.4 is 114 Å². The molecule has 134 heavy (non-hydrogen) atoms. The minimum absolute atomic E-state index is 0.00231. The lowest BCUT2D eigenvalue weighted by atomic mass is 9.96. The highest BCUT2D eigenvalue weighted by Crippen LogP contribution is 2.23. The topological polar surface area (TPSA) is 733 Å². The number of nitrogens with zero attached hydrogens (tertiary/aromatic N) is 2. The average molecular weight is 1900 g/mol. The first-order valence-electron chi connectivity index (χ1n) is 47.6. The molecule has 17 amide bonds. The summed E-state index contributed by atoms with van der Waals surface area (Å²) in [4.78, 5) is 245. The molecule has 0 aromatic carbocycles. The van der Waals surface area contributed by atoms with E-state index in [-0.39, 0.29) is 108 Å². The summed E-state index contributed by atoms with van der Waals surface area (Å²) in [5.74, 6) is -17.7. The van der Waals surface area contributed by atoms with Crippen molar-refractivity contribution >= 4 is 112 Å². The van der Waals surface area contributed by atoms with Crippen LogP contribution in [0, 0.1) is 34.5 Å². The van der Waals surface area contributed by atoms with E-state index in [1.165, 1.54) is 90.6 Å². The van der Waals surface area contributed by atoms with Gasteiger partial charge in [-0.05, 0) is 128 Å². The number of likely N-dealkylation sites (tertiary alicyclic amines) is 1. The largest absolute Gasteiger partial charge is 0.394 e. The number of hydrogen-bond acceptors (Lipinski definition) is 23. The van der Waals surface area contributed by atoms with Gasteiger partial charge in [0, 0.05) is 57.8 Å². The average Bonchev–Trinajstić information content (AvgIpc) is 1.65. The second-order valence-electron chi connectivity index (χ2n) is 36.0. The summed E-state index contributed by atoms with van der Waals surface area (Å²) in [6.07, 6.45) is 16.6. The van der Waals surface area contributed by atoms with E-state index < -0.39 is 229 Å². The lowest BCUT2D eigenvalue weighted by molar-refractivity contribution is -0.143. The van der Waals surface area contributed by atoms with Crippen LogP contribution >= 0.6 is 0 Å². The van der Waals surface area contributed by atoms with Crippen LogP contribution in [0.2, 0.25) is 0 Å². The number of hydrogen-bond donors (Lipinski definition) is 26. The summed E-state index contributed by atoms with van der Waals surface area (Å²) in [7, 11) is 0. The van der Waals surface area contributed by atoms with Gasteiger partial charge >= 0.3 is 0 Å². The number of guanidine groups is 2. The molecule has 760 valence electrons. The maximum Gasteiger partial charge on any atom is 0.245 e. The van der Waals surface area contributed by atoms with Crippen molar-refractivity contribution in [2.45, 2.75) is 366 Å². The van der Waals surface area contributed by atoms with Gasteiger partial charge in [0.15, 0.2) is 11.9 Å². The van der Waals surface area contributed by atoms with Gasteiger partial charge in [-0.3, -0.25) is 92.3 Å². The number of H-pyrrole nitrogens is 1. The molecule has 31 N–H and O–H groups in total. The Labute approximate surface area is 787 Å². The third kappa shape index (κ3) is 47.5. The number of unbranched alkanes of at least 4 members (excludes halogenated alkanes) is 14. The molecule has 16 atom stereocenters. The molecule has 1 fully saturated rings. The van der Waals surface area contributed by atoms with Crippen LogP contribution in [0.25, 0.3) is 0 Å². The highest BCUT2D eigenvalue weighted by molar-refractivity contribution is 6.01. The first-order valence-corrected chi connectivity index (χ1v) is 47.6. The van der Waals surface area contributed by atoms with E-state index in [1.54, 1.807) is 20.8 Å². The number of carbonyl (C=O) groups excluding carboxylic acids is 17. The number of aromatic nitrogens is 2. The number of aliphatic hydroxyl groups excluding tert-OH is 2. The number of nitrogens with one attached hydrogen (secondary N) is 19. The Hall–Kier alpha value is -11.4. The van der Waals surface area contributed by atoms with E-state index in [0.29, 0.717) is 37.9 Å². The summed E-state index contributed by atoms with van der Waals surface area (Å²) in [6.45, 7) is 19.4. The molecule has 1 aromatic heterocycles. The van der Waals surface area contributed by atoms with Gasteiger partial charge < -0.3 is 134 Å². The Morgan fingerprint density at radius 2 is 0.888 bits per heavy atom. The van der Waals surface area contributed by atoms with Crippen LogP contribution in [0.3, 0.4) is 0 Å². The van der Waals surface area contributed by atoms with E-state index in [0.717, 1.165) is 37.5 Å². The van der Waals surface area contributed by atoms with Gasteiger partial charge in [-0.15, -0.1) is 0 Å². The summed E-state index contributed by atoms with van der Waals surface area (Å²) >= 11 is 0. The fourth-order valence-electron chi connectivity index (χ4n) is 15.1. The predicted octanol–water partition coefficient (Wildman–Crippen LogP) is -2.15. The maximum atomic E-state index is 15.1. The predicted molar refractivity (Wildman–Crippen MR) is 502 cm³/mol. The van der Waals surface area contributed by atoms with Gasteiger partial charge in [0.1, 0.15) is 84.6 Å². The van der Waals surface area contributed by atoms with Crippen molar-refractivity contribution in [3.05, 3.63) is 18.2 Å². The summed E-state index contributed by atoms with van der Waals surface area (Å²) in [5.41, 5.74) is 28.4. The summed E-state index contributed by atoms with van der Waals surface area (Å²) in [5, 5.41) is 78.3. The monoisotopic (exact) mass is 1900 g/mol. The molecular weight excluding hydrogens is 1740 g/mol. The maximum absolute atomic E-state index is 15.1. The minimum Gasteiger partial charge on any atom is -0.394 e. The highest BCUT2D eigenvalue weighted by Gasteiger charge is 2.43. The molecule has 0 aliphatic carbocycles. The van der Waals surface area contributed by atoms with E-state index >= 15 is 4.79 Å². The SMILES string of the molecule is CCCCCCCCCCCCCCCCNC(=O)[C@H](CC(C)C)NC(=O)[C@H](CC(C)C)NC(=O)[C@H](CCCCN)NC(=O)[C@H](CCCNC(=N)N)NC(=O)[C@@H]1CCCN1C(=O)[C@H](CCCNC(=N)N)NC(=O)[C@H](CCC(N)=O)NC(=O)[C@H](CO)NC(=O)[C@H](CC(N)=O)NC(=O)[C@@H](NC(=O)[C@H](C)NC(=O)[C@H](Cc1cnc[nH]1)NC(=O)[C@@H](NC(=O)[C@@H](NC(C)=O)[C@@H](C)CC)C(C)C)[C@@H](C)O. The van der Waals surface area contributed by atoms with Crippen LogP contribution in [-0.2, 0) is 87.9 Å². The van der Waals surface area contributed by atoms with Gasteiger partial charge in [-0.25, -0.2) is 4.98 Å². The van der Waals surface area contributed by atoms with Gasteiger partial charge in [0.25, 0.3) is 0 Å². The standard InChI is InChI=1S/C89H160N26O19/c1-13-15-16-17-18-19-20-21-22-23-24-25-26-29-40-98-75(122)63(44-51(3)4)108-80(127)64(45-52(5)6)109-77(124)59(33-27-28-39-90)104-76(123)60(34-30-41-99-88(93)94)106-83(130)68-36-32-43-115(68)87(134)62(35-31-42-100-89(95)96)107-78(125)61(37-38-69(91)119)105-82(129)67(49-116)112-81(128)66(47-70(92)120)111-86(133)73(56(11)117)114-74(121)55(10)102-79(126)65(46-58-48-97-50-101-58)110-84(131)71(53(7)8)113-85(132)72(54(9)14-2)103-57(12)118/h48,50-56,59-68,71-73,116-117H,13-47,49,90H2,1-12H3,(H2,91,119)(H2,92,120)(H,97,101)(H,98,122)(H,102,126)(H,103,118)(H,104,123)(H,105,129)(H,106,130)(H,107,125)(H,108,127)(H,109,124)(H,110,131)(H,111,133)(H,112,128)(H,113,132)(H,114,121)(H4,93,94,99)(H4,95,96,100)/t54-,55-,56+,59-,60-,61-,62-,63-,64-,65-,66-,67-,68-,71-,72-,73-/m0/s1. The molecule has 0 bridgehead atoms. The van der Waals surface area contributed by atoms with Crippen molar-refractivity contribution in [1.29, 1.82) is 10.8 Å². The highest BCUT2D eigenvalue weighted by atomic mass is 16.3. The summed E-state index contributed by atoms with van der Waals surface area (Å²) < 4.78 is 0. The Kier molecular flexibility index (Phi) is 57.8. The van der Waals surface area contributed by atoms with E-state index in [4.69, 9.17) is 39.5 Å². The smallest absolute Gasteiger partial charge is 0.245 e. The fraction of sp³-hybridized carbons (Fsp3) is 0.753. The molecule has 0 spiro atoms. The molecule has 1 aliphatic rings. The Morgan fingerprint density at radius 3 is 1.37 bits per heavy atom. The second kappa shape index (κ2) is 65.3. The molecule has 0 saturated carbocycles. The molecule has 2 rings (SSSR count). The van der Waals surface area contributed by atoms with Crippen LogP contribution in [0.5, 0.6) is 0 Å². The normalized spacial score (nSPS) is 15.8. The van der Waals surface area contributed by atoms with Gasteiger partial charge in [0.2, 0.25) is 100 Å². The minimum atomic E-state index is -2.07. The zero-order chi connectivity index (χ0) is 101. The van der Waals surface area contributed by atoms with Crippen LogP contribution in [0.4, 0.5) is 0 Å². The number of nitrogens with two attached hydrogens (primary N) is 5. The first kappa shape index (κ1) is 119. The van der Waals surface area contributed by atoms with E-state index in [9.17, 15) is 86.9 Å². The third-order valence-corrected chi connectivity index (χ3v) is 22.8. The number of primary amides is 2. The Morgan fingerprint density at radius 1 is 0.455 bits per heavy atom. The zero-order valence-electron chi connectivity index (χ0n) is 80.7. The van der Waals surface area contributed by atoms with Crippen molar-refractivity contribution in [2.75, 3.05) is 39.3 Å². The number of imidazole rings is 1. The molecular formula is C89H160N26O19. The van der Waals surface area contributed by atoms with Crippen molar-refractivity contribution in [2.24, 2.45) is 52.3 Å².